The summed E-state index contributed by atoms with van der Waals surface area (Å²) in [5.74, 6) is -1.58. The molecule has 10 nitrogen and oxygen atoms in total. The molecule has 13 heteroatoms. The van der Waals surface area contributed by atoms with E-state index in [9.17, 15) is 19.2 Å². The van der Waals surface area contributed by atoms with Crippen LogP contribution in [0, 0.1) is 11.8 Å². The Hall–Kier alpha value is -3.47. The number of rotatable bonds is 11. The number of nitrogens with zero attached hydrogens (tertiary/aromatic N) is 1. The lowest BCUT2D eigenvalue weighted by molar-refractivity contribution is -0.141. The number of nitrogens with one attached hydrogen (secondary N) is 3. The molecule has 0 bridgehead atoms. The summed E-state index contributed by atoms with van der Waals surface area (Å²) >= 11 is 19.1. The molecule has 46 heavy (non-hydrogen) atoms. The van der Waals surface area contributed by atoms with Crippen molar-refractivity contribution in [1.29, 1.82) is 0 Å². The molecule has 1 aliphatic carbocycles. The van der Waals surface area contributed by atoms with Gasteiger partial charge in [0.2, 0.25) is 5.91 Å². The van der Waals surface area contributed by atoms with Crippen molar-refractivity contribution >= 4 is 69.6 Å². The van der Waals surface area contributed by atoms with Gasteiger partial charge in [-0.15, -0.1) is 0 Å². The average molecular weight is 693 g/mol. The number of alkyl carbamates (subject to hydrolysis) is 1. The van der Waals surface area contributed by atoms with E-state index in [0.717, 1.165) is 16.2 Å². The van der Waals surface area contributed by atoms with Crippen molar-refractivity contribution in [1.82, 2.24) is 20.5 Å². The van der Waals surface area contributed by atoms with Crippen LogP contribution in [0.15, 0.2) is 36.4 Å². The van der Waals surface area contributed by atoms with Crippen molar-refractivity contribution in [2.24, 2.45) is 17.6 Å². The van der Waals surface area contributed by atoms with Crippen LogP contribution in [0.4, 0.5) is 9.59 Å². The third-order valence-electron chi connectivity index (χ3n) is 8.86. The number of fused-ring (bicyclic) bond motifs is 3. The van der Waals surface area contributed by atoms with Crippen molar-refractivity contribution in [3.05, 3.63) is 68.3 Å². The summed E-state index contributed by atoms with van der Waals surface area (Å²) in [6, 6.07) is 8.37. The number of hydrogen-bond donors (Lipinski definition) is 4. The minimum Gasteiger partial charge on any atom is -0.445 e. The Morgan fingerprint density at radius 2 is 1.78 bits per heavy atom. The zero-order valence-electron chi connectivity index (χ0n) is 26.3. The highest BCUT2D eigenvalue weighted by molar-refractivity contribution is 6.38. The summed E-state index contributed by atoms with van der Waals surface area (Å²) in [7, 11) is 0. The Morgan fingerprint density at radius 1 is 1.07 bits per heavy atom. The Kier molecular flexibility index (Phi) is 11.5. The number of H-pyrrole nitrogens is 1. The highest BCUT2D eigenvalue weighted by Gasteiger charge is 2.48. The molecule has 5 amide bonds. The molecule has 1 heterocycles. The minimum atomic E-state index is -1.56. The molecule has 2 aromatic carbocycles. The van der Waals surface area contributed by atoms with Gasteiger partial charge in [-0.25, -0.2) is 9.59 Å². The molecule has 4 atom stereocenters. The predicted octanol–water partition coefficient (Wildman–Crippen LogP) is 6.77. The molecular formula is C33H40Cl3N5O5. The molecule has 0 saturated carbocycles. The van der Waals surface area contributed by atoms with E-state index < -0.39 is 35.5 Å². The van der Waals surface area contributed by atoms with Crippen LogP contribution >= 0.6 is 34.8 Å². The number of halogens is 3. The zero-order chi connectivity index (χ0) is 33.8. The van der Waals surface area contributed by atoms with Gasteiger partial charge < -0.3 is 26.1 Å². The summed E-state index contributed by atoms with van der Waals surface area (Å²) in [6.07, 6.45) is 0.991. The van der Waals surface area contributed by atoms with Crippen LogP contribution < -0.4 is 16.4 Å². The van der Waals surface area contributed by atoms with E-state index in [2.05, 4.69) is 15.6 Å². The molecular weight excluding hydrogens is 653 g/mol. The first-order valence-corrected chi connectivity index (χ1v) is 16.5. The molecule has 1 unspecified atom stereocenters. The SMILES string of the molecule is CCC(C)[C@H](NC(=O)OCc1ccccc1Cl)C(=O)N[C@]1(C(=O)N(C[C@@H](C)CC)C(N)=O)CCc2[nH]c3c(Cl)cc(Cl)cc3c2C1. The molecule has 1 aromatic heterocycles. The van der Waals surface area contributed by atoms with Crippen LogP contribution in [-0.2, 0) is 33.8 Å². The molecule has 3 aromatic rings. The first-order valence-electron chi connectivity index (χ1n) is 15.4. The van der Waals surface area contributed by atoms with Gasteiger partial charge in [0.25, 0.3) is 5.91 Å². The second-order valence-electron chi connectivity index (χ2n) is 12.1. The fourth-order valence-corrected chi connectivity index (χ4v) is 6.46. The number of urea groups is 1. The molecule has 0 saturated heterocycles. The predicted molar refractivity (Wildman–Crippen MR) is 180 cm³/mol. The standard InChI is InChI=1S/C33H40Cl3N5O5/c1-5-18(3)16-41(31(37)44)30(43)33(12-11-26-23(15-33)22-13-21(34)14-25(36)28(22)38-26)40-29(42)27(19(4)6-2)39-32(45)46-17-20-9-7-8-10-24(20)35/h7-10,13-14,18-19,27,38H,5-6,11-12,15-17H2,1-4H3,(H2,37,44)(H,39,45)(H,40,42)/t18-,19?,27-,33+/m0/s1. The molecule has 0 spiro atoms. The summed E-state index contributed by atoms with van der Waals surface area (Å²) in [4.78, 5) is 58.6. The van der Waals surface area contributed by atoms with Crippen LogP contribution in [-0.4, -0.2) is 51.9 Å². The second kappa shape index (κ2) is 15.0. The van der Waals surface area contributed by atoms with Crippen LogP contribution in [0.1, 0.15) is 63.8 Å². The molecule has 1 aliphatic rings. The molecule has 0 aliphatic heterocycles. The van der Waals surface area contributed by atoms with E-state index >= 15 is 0 Å². The lowest BCUT2D eigenvalue weighted by atomic mass is 9.78. The van der Waals surface area contributed by atoms with Gasteiger partial charge in [0.15, 0.2) is 0 Å². The van der Waals surface area contributed by atoms with E-state index in [1.807, 2.05) is 27.7 Å². The number of hydrogen-bond acceptors (Lipinski definition) is 5. The summed E-state index contributed by atoms with van der Waals surface area (Å²) < 4.78 is 5.40. The monoisotopic (exact) mass is 691 g/mol. The maximum atomic E-state index is 14.4. The third kappa shape index (κ3) is 7.73. The highest BCUT2D eigenvalue weighted by atomic mass is 35.5. The Bertz CT molecular complexity index is 1630. The number of imide groups is 1. The smallest absolute Gasteiger partial charge is 0.408 e. The van der Waals surface area contributed by atoms with E-state index in [-0.39, 0.29) is 37.8 Å². The zero-order valence-corrected chi connectivity index (χ0v) is 28.6. The number of carbonyl (C=O) groups excluding carboxylic acids is 4. The van der Waals surface area contributed by atoms with Crippen LogP contribution in [0.25, 0.3) is 10.9 Å². The summed E-state index contributed by atoms with van der Waals surface area (Å²) in [5, 5.41) is 7.65. The number of aryl methyl sites for hydroxylation is 1. The van der Waals surface area contributed by atoms with E-state index in [0.29, 0.717) is 50.8 Å². The number of aromatic amines is 1. The number of amides is 5. The van der Waals surface area contributed by atoms with Crippen LogP contribution in [0.5, 0.6) is 0 Å². The van der Waals surface area contributed by atoms with Crippen LogP contribution in [0.2, 0.25) is 15.1 Å². The third-order valence-corrected chi connectivity index (χ3v) is 9.75. The quantitative estimate of drug-likeness (QED) is 0.175. The van der Waals surface area contributed by atoms with Crippen molar-refractivity contribution < 1.29 is 23.9 Å². The first-order chi connectivity index (χ1) is 21.8. The van der Waals surface area contributed by atoms with Gasteiger partial charge >= 0.3 is 12.1 Å². The topological polar surface area (TPSA) is 147 Å². The number of ether oxygens (including phenoxy) is 1. The van der Waals surface area contributed by atoms with Crippen molar-refractivity contribution in [2.45, 2.75) is 78.0 Å². The maximum Gasteiger partial charge on any atom is 0.408 e. The largest absolute Gasteiger partial charge is 0.445 e. The fourth-order valence-electron chi connectivity index (χ4n) is 5.73. The summed E-state index contributed by atoms with van der Waals surface area (Å²) in [6.45, 7) is 7.55. The highest BCUT2D eigenvalue weighted by Crippen LogP contribution is 2.39. The summed E-state index contributed by atoms with van der Waals surface area (Å²) in [5.41, 5.74) is 7.07. The Balaban J connectivity index is 1.69. The number of aromatic nitrogens is 1. The van der Waals surface area contributed by atoms with Gasteiger partial charge in [0.1, 0.15) is 18.2 Å². The van der Waals surface area contributed by atoms with Gasteiger partial charge in [0.05, 0.1) is 10.5 Å². The van der Waals surface area contributed by atoms with E-state index in [1.54, 1.807) is 36.4 Å². The van der Waals surface area contributed by atoms with Gasteiger partial charge in [-0.05, 0) is 48.4 Å². The van der Waals surface area contributed by atoms with Gasteiger partial charge in [-0.2, -0.15) is 0 Å². The van der Waals surface area contributed by atoms with Crippen molar-refractivity contribution in [2.75, 3.05) is 6.54 Å². The lowest BCUT2D eigenvalue weighted by Gasteiger charge is -2.41. The fraction of sp³-hybridized carbons (Fsp3) is 0.455. The molecule has 0 fully saturated rings. The van der Waals surface area contributed by atoms with Gasteiger partial charge in [-0.1, -0.05) is 93.5 Å². The van der Waals surface area contributed by atoms with E-state index in [1.165, 1.54) is 0 Å². The van der Waals surface area contributed by atoms with Crippen molar-refractivity contribution in [3.8, 4) is 0 Å². The normalized spacial score (nSPS) is 17.8. The lowest BCUT2D eigenvalue weighted by Crippen LogP contribution is -2.66. The maximum absolute atomic E-state index is 14.4. The number of primary amides is 1. The Labute approximate surface area is 283 Å². The molecule has 5 N–H and O–H groups in total. The molecule has 4 rings (SSSR count). The van der Waals surface area contributed by atoms with E-state index in [4.69, 9.17) is 45.3 Å². The minimum absolute atomic E-state index is 0.0310. The van der Waals surface area contributed by atoms with Gasteiger partial charge in [0, 0.05) is 39.7 Å². The second-order valence-corrected chi connectivity index (χ2v) is 13.3. The number of benzene rings is 2. The first kappa shape index (κ1) is 35.4. The Morgan fingerprint density at radius 3 is 2.43 bits per heavy atom. The average Bonchev–Trinajstić information content (AvgIpc) is 3.38. The number of nitrogens with two attached hydrogens (primary N) is 1. The molecule has 0 radical (unpaired) electrons. The van der Waals surface area contributed by atoms with Crippen molar-refractivity contribution in [3.63, 3.8) is 0 Å². The van der Waals surface area contributed by atoms with Gasteiger partial charge in [-0.3, -0.25) is 14.5 Å². The molecule has 248 valence electrons. The number of carbonyl (C=O) groups is 4. The van der Waals surface area contributed by atoms with Crippen LogP contribution in [0.3, 0.4) is 0 Å².